The third-order valence-corrected chi connectivity index (χ3v) is 4.42. The third-order valence-electron chi connectivity index (χ3n) is 4.42. The molecule has 1 atom stereocenters. The van der Waals surface area contributed by atoms with Crippen LogP contribution in [0.4, 0.5) is 0 Å². The van der Waals surface area contributed by atoms with Crippen molar-refractivity contribution in [2.75, 3.05) is 13.1 Å². The van der Waals surface area contributed by atoms with Crippen LogP contribution in [0.2, 0.25) is 0 Å². The second-order valence-electron chi connectivity index (χ2n) is 6.34. The van der Waals surface area contributed by atoms with E-state index in [1.54, 1.807) is 12.1 Å². The van der Waals surface area contributed by atoms with E-state index in [0.29, 0.717) is 17.2 Å². The van der Waals surface area contributed by atoms with Gasteiger partial charge in [-0.25, -0.2) is 4.98 Å². The van der Waals surface area contributed by atoms with Gasteiger partial charge < -0.3 is 10.6 Å². The van der Waals surface area contributed by atoms with Crippen molar-refractivity contribution in [1.82, 2.24) is 9.88 Å². The zero-order valence-electron chi connectivity index (χ0n) is 13.7. The van der Waals surface area contributed by atoms with Gasteiger partial charge in [0.1, 0.15) is 5.69 Å². The Kier molecular flexibility index (Phi) is 4.60. The maximum absolute atomic E-state index is 12.5. The van der Waals surface area contributed by atoms with Gasteiger partial charge in [0.15, 0.2) is 0 Å². The van der Waals surface area contributed by atoms with Crippen LogP contribution in [-0.4, -0.2) is 34.8 Å². The maximum atomic E-state index is 12.5. The minimum atomic E-state index is -0.411. The van der Waals surface area contributed by atoms with Crippen LogP contribution < -0.4 is 5.73 Å². The van der Waals surface area contributed by atoms with Gasteiger partial charge in [0.2, 0.25) is 5.91 Å². The number of amides is 2. The van der Waals surface area contributed by atoms with Crippen LogP contribution in [0.5, 0.6) is 0 Å². The lowest BCUT2D eigenvalue weighted by Gasteiger charge is -2.16. The molecule has 1 aromatic heterocycles. The molecule has 124 valence electrons. The molecule has 1 aromatic carbocycles. The standard InChI is InChI=1S/C19H21N3O2/c1-13-4-2-7-17(21-13)19(24)22-9-8-15(12-22)10-14-5-3-6-16(11-14)18(20)23/h2-7,11,15H,8-10,12H2,1H3,(H2,20,23)/t15-/m1/s1. The van der Waals surface area contributed by atoms with E-state index in [1.165, 1.54) is 0 Å². The summed E-state index contributed by atoms with van der Waals surface area (Å²) < 4.78 is 0. The van der Waals surface area contributed by atoms with Crippen molar-refractivity contribution < 1.29 is 9.59 Å². The van der Waals surface area contributed by atoms with E-state index in [0.717, 1.165) is 37.2 Å². The van der Waals surface area contributed by atoms with Gasteiger partial charge in [-0.3, -0.25) is 9.59 Å². The number of aromatic nitrogens is 1. The van der Waals surface area contributed by atoms with Gasteiger partial charge in [0.05, 0.1) is 0 Å². The van der Waals surface area contributed by atoms with Crippen LogP contribution >= 0.6 is 0 Å². The largest absolute Gasteiger partial charge is 0.366 e. The SMILES string of the molecule is Cc1cccc(C(=O)N2CC[C@H](Cc3cccc(C(N)=O)c3)C2)n1. The molecule has 0 aliphatic carbocycles. The first kappa shape index (κ1) is 16.2. The number of hydrogen-bond donors (Lipinski definition) is 1. The highest BCUT2D eigenvalue weighted by atomic mass is 16.2. The van der Waals surface area contributed by atoms with Crippen molar-refractivity contribution in [2.24, 2.45) is 11.7 Å². The molecule has 2 N–H and O–H groups in total. The molecule has 1 aliphatic heterocycles. The number of pyridine rings is 1. The predicted molar refractivity (Wildman–Crippen MR) is 91.6 cm³/mol. The second-order valence-corrected chi connectivity index (χ2v) is 6.34. The minimum Gasteiger partial charge on any atom is -0.366 e. The van der Waals surface area contributed by atoms with Crippen molar-refractivity contribution >= 4 is 11.8 Å². The Hall–Kier alpha value is -2.69. The Bertz CT molecular complexity index is 773. The smallest absolute Gasteiger partial charge is 0.272 e. The van der Waals surface area contributed by atoms with E-state index in [1.807, 2.05) is 42.2 Å². The highest BCUT2D eigenvalue weighted by Crippen LogP contribution is 2.22. The Morgan fingerprint density at radius 1 is 1.25 bits per heavy atom. The molecule has 0 spiro atoms. The van der Waals surface area contributed by atoms with Crippen LogP contribution in [0, 0.1) is 12.8 Å². The summed E-state index contributed by atoms with van der Waals surface area (Å²) in [7, 11) is 0. The van der Waals surface area contributed by atoms with Crippen LogP contribution in [0.3, 0.4) is 0 Å². The van der Waals surface area contributed by atoms with Crippen molar-refractivity contribution in [3.63, 3.8) is 0 Å². The molecule has 1 aliphatic rings. The van der Waals surface area contributed by atoms with Gasteiger partial charge in [0, 0.05) is 24.3 Å². The molecule has 24 heavy (non-hydrogen) atoms. The van der Waals surface area contributed by atoms with E-state index in [-0.39, 0.29) is 5.91 Å². The Morgan fingerprint density at radius 3 is 2.79 bits per heavy atom. The number of carbonyl (C=O) groups is 2. The van der Waals surface area contributed by atoms with E-state index in [2.05, 4.69) is 4.98 Å². The quantitative estimate of drug-likeness (QED) is 0.937. The van der Waals surface area contributed by atoms with Gasteiger partial charge in [-0.15, -0.1) is 0 Å². The maximum Gasteiger partial charge on any atom is 0.272 e. The van der Waals surface area contributed by atoms with Crippen molar-refractivity contribution in [3.8, 4) is 0 Å². The van der Waals surface area contributed by atoms with Crippen molar-refractivity contribution in [1.29, 1.82) is 0 Å². The van der Waals surface area contributed by atoms with E-state index in [9.17, 15) is 9.59 Å². The summed E-state index contributed by atoms with van der Waals surface area (Å²) in [6.07, 6.45) is 1.80. The molecule has 0 unspecified atom stereocenters. The first-order chi connectivity index (χ1) is 11.5. The summed E-state index contributed by atoms with van der Waals surface area (Å²) in [5.41, 5.74) is 8.30. The molecule has 1 fully saturated rings. The molecule has 1 saturated heterocycles. The topological polar surface area (TPSA) is 76.3 Å². The molecule has 2 amide bonds. The van der Waals surface area contributed by atoms with Crippen LogP contribution in [0.1, 0.15) is 38.5 Å². The molecule has 0 bridgehead atoms. The van der Waals surface area contributed by atoms with E-state index in [4.69, 9.17) is 5.73 Å². The van der Waals surface area contributed by atoms with Gasteiger partial charge >= 0.3 is 0 Å². The molecule has 0 radical (unpaired) electrons. The van der Waals surface area contributed by atoms with Crippen LogP contribution in [0.25, 0.3) is 0 Å². The predicted octanol–water partition coefficient (Wildman–Crippen LogP) is 2.19. The van der Waals surface area contributed by atoms with Crippen molar-refractivity contribution in [2.45, 2.75) is 19.8 Å². The number of likely N-dealkylation sites (tertiary alicyclic amines) is 1. The highest BCUT2D eigenvalue weighted by Gasteiger charge is 2.27. The minimum absolute atomic E-state index is 0.00733. The number of nitrogens with two attached hydrogens (primary N) is 1. The zero-order chi connectivity index (χ0) is 17.1. The number of aryl methyl sites for hydroxylation is 1. The Balaban J connectivity index is 1.64. The molecule has 2 aromatic rings. The third kappa shape index (κ3) is 3.62. The van der Waals surface area contributed by atoms with Gasteiger partial charge in [0.25, 0.3) is 5.91 Å². The second kappa shape index (κ2) is 6.83. The van der Waals surface area contributed by atoms with E-state index < -0.39 is 5.91 Å². The van der Waals surface area contributed by atoms with E-state index >= 15 is 0 Å². The lowest BCUT2D eigenvalue weighted by molar-refractivity contribution is 0.0781. The number of primary amides is 1. The summed E-state index contributed by atoms with van der Waals surface area (Å²) >= 11 is 0. The summed E-state index contributed by atoms with van der Waals surface area (Å²) in [5.74, 6) is -0.0282. The highest BCUT2D eigenvalue weighted by molar-refractivity contribution is 5.93. The van der Waals surface area contributed by atoms with Gasteiger partial charge in [-0.05, 0) is 55.5 Å². The average Bonchev–Trinajstić information content (AvgIpc) is 3.03. The first-order valence-electron chi connectivity index (χ1n) is 8.14. The monoisotopic (exact) mass is 323 g/mol. The molecule has 2 heterocycles. The van der Waals surface area contributed by atoms with Crippen molar-refractivity contribution in [3.05, 3.63) is 65.0 Å². The number of nitrogens with zero attached hydrogens (tertiary/aromatic N) is 2. The summed E-state index contributed by atoms with van der Waals surface area (Å²) in [4.78, 5) is 30.0. The number of rotatable bonds is 4. The Labute approximate surface area is 141 Å². The average molecular weight is 323 g/mol. The molecule has 5 nitrogen and oxygen atoms in total. The first-order valence-corrected chi connectivity index (χ1v) is 8.14. The van der Waals surface area contributed by atoms with Crippen LogP contribution in [-0.2, 0) is 6.42 Å². The molecule has 5 heteroatoms. The summed E-state index contributed by atoms with van der Waals surface area (Å²) in [6, 6.07) is 12.9. The fourth-order valence-electron chi connectivity index (χ4n) is 3.19. The van der Waals surface area contributed by atoms with Crippen LogP contribution in [0.15, 0.2) is 42.5 Å². The fourth-order valence-corrected chi connectivity index (χ4v) is 3.19. The lowest BCUT2D eigenvalue weighted by atomic mass is 9.97. The molecule has 0 saturated carbocycles. The summed E-state index contributed by atoms with van der Waals surface area (Å²) in [5, 5.41) is 0. The fraction of sp³-hybridized carbons (Fsp3) is 0.316. The molecule has 3 rings (SSSR count). The number of carbonyl (C=O) groups excluding carboxylic acids is 2. The number of benzene rings is 1. The lowest BCUT2D eigenvalue weighted by Crippen LogP contribution is -2.29. The van der Waals surface area contributed by atoms with Gasteiger partial charge in [-0.2, -0.15) is 0 Å². The molecular weight excluding hydrogens is 302 g/mol. The normalized spacial score (nSPS) is 17.0. The van der Waals surface area contributed by atoms with Gasteiger partial charge in [-0.1, -0.05) is 18.2 Å². The number of hydrogen-bond acceptors (Lipinski definition) is 3. The zero-order valence-corrected chi connectivity index (χ0v) is 13.7. The Morgan fingerprint density at radius 2 is 2.04 bits per heavy atom. The summed E-state index contributed by atoms with van der Waals surface area (Å²) in [6.45, 7) is 3.35. The molecular formula is C19H21N3O2.